The topological polar surface area (TPSA) is 48.4 Å². The molecule has 1 heterocycles. The molecule has 0 saturated heterocycles. The van der Waals surface area contributed by atoms with Gasteiger partial charge in [0.1, 0.15) is 5.69 Å². The second-order valence-corrected chi connectivity index (χ2v) is 4.45. The first-order valence-corrected chi connectivity index (χ1v) is 6.24. The Labute approximate surface area is 117 Å². The summed E-state index contributed by atoms with van der Waals surface area (Å²) in [4.78, 5) is 15.1. The van der Waals surface area contributed by atoms with E-state index in [4.69, 9.17) is 9.47 Å². The third-order valence-corrected chi connectivity index (χ3v) is 3.08. The lowest BCUT2D eigenvalue weighted by Crippen LogP contribution is -2.11. The van der Waals surface area contributed by atoms with Gasteiger partial charge in [0.15, 0.2) is 5.75 Å². The smallest absolute Gasteiger partial charge is 0.310 e. The van der Waals surface area contributed by atoms with E-state index < -0.39 is 18.1 Å². The molecule has 7 heteroatoms. The number of alkyl halides is 2. The van der Waals surface area contributed by atoms with Gasteiger partial charge >= 0.3 is 5.97 Å². The second kappa shape index (κ2) is 6.81. The first-order chi connectivity index (χ1) is 8.51. The van der Waals surface area contributed by atoms with Crippen molar-refractivity contribution in [3.8, 4) is 5.75 Å². The van der Waals surface area contributed by atoms with Crippen LogP contribution in [0.15, 0.2) is 6.20 Å². The Morgan fingerprint density at radius 3 is 2.72 bits per heavy atom. The van der Waals surface area contributed by atoms with Crippen molar-refractivity contribution < 1.29 is 23.0 Å². The molecule has 0 aromatic carbocycles. The highest BCUT2D eigenvalue weighted by molar-refractivity contribution is 14.1. The summed E-state index contributed by atoms with van der Waals surface area (Å²) >= 11 is 1.92. The molecule has 0 fully saturated rings. The van der Waals surface area contributed by atoms with Crippen LogP contribution in [0.3, 0.4) is 0 Å². The zero-order valence-corrected chi connectivity index (χ0v) is 12.0. The van der Waals surface area contributed by atoms with E-state index >= 15 is 0 Å². The van der Waals surface area contributed by atoms with E-state index in [0.717, 1.165) is 0 Å². The van der Waals surface area contributed by atoms with Gasteiger partial charge in [-0.15, -0.1) is 0 Å². The number of ether oxygens (including phenoxy) is 2. The van der Waals surface area contributed by atoms with Crippen molar-refractivity contribution in [3.05, 3.63) is 21.0 Å². The molecule has 0 aliphatic heterocycles. The second-order valence-electron chi connectivity index (χ2n) is 3.29. The van der Waals surface area contributed by atoms with Crippen molar-refractivity contribution in [2.45, 2.75) is 19.8 Å². The molecule has 0 aliphatic rings. The Balaban J connectivity index is 3.15. The van der Waals surface area contributed by atoms with Crippen LogP contribution in [0.5, 0.6) is 5.75 Å². The van der Waals surface area contributed by atoms with Gasteiger partial charge in [-0.25, -0.2) is 8.78 Å². The minimum absolute atomic E-state index is 0.0510. The van der Waals surface area contributed by atoms with Gasteiger partial charge < -0.3 is 9.47 Å². The Kier molecular flexibility index (Phi) is 5.70. The zero-order chi connectivity index (χ0) is 13.7. The molecule has 0 radical (unpaired) electrons. The summed E-state index contributed by atoms with van der Waals surface area (Å²) in [5, 5.41) is 0. The molecular weight excluding hydrogens is 359 g/mol. The third kappa shape index (κ3) is 3.50. The van der Waals surface area contributed by atoms with Gasteiger partial charge in [-0.05, 0) is 29.5 Å². The van der Waals surface area contributed by atoms with Crippen molar-refractivity contribution >= 4 is 28.6 Å². The average molecular weight is 371 g/mol. The van der Waals surface area contributed by atoms with Gasteiger partial charge in [0.25, 0.3) is 6.43 Å². The number of hydrogen-bond acceptors (Lipinski definition) is 4. The van der Waals surface area contributed by atoms with E-state index in [1.54, 1.807) is 6.92 Å². The van der Waals surface area contributed by atoms with Crippen molar-refractivity contribution in [2.24, 2.45) is 0 Å². The Morgan fingerprint density at radius 2 is 2.22 bits per heavy atom. The van der Waals surface area contributed by atoms with E-state index in [2.05, 4.69) is 4.98 Å². The average Bonchev–Trinajstić information content (AvgIpc) is 2.31. The molecule has 0 bridgehead atoms. The summed E-state index contributed by atoms with van der Waals surface area (Å²) in [6, 6.07) is 0. The predicted octanol–water partition coefficient (Wildman–Crippen LogP) is 2.74. The molecule has 0 amide bonds. The van der Waals surface area contributed by atoms with E-state index in [9.17, 15) is 13.6 Å². The Bertz CT molecular complexity index is 441. The zero-order valence-electron chi connectivity index (χ0n) is 9.87. The molecule has 0 N–H and O–H groups in total. The van der Waals surface area contributed by atoms with E-state index in [-0.39, 0.29) is 18.8 Å². The quantitative estimate of drug-likeness (QED) is 0.590. The van der Waals surface area contributed by atoms with Crippen LogP contribution in [-0.4, -0.2) is 24.7 Å². The van der Waals surface area contributed by atoms with Crippen LogP contribution in [0.2, 0.25) is 0 Å². The van der Waals surface area contributed by atoms with Crippen LogP contribution in [0.1, 0.15) is 24.6 Å². The monoisotopic (exact) mass is 371 g/mol. The highest BCUT2D eigenvalue weighted by Crippen LogP contribution is 2.33. The van der Waals surface area contributed by atoms with Gasteiger partial charge in [0.2, 0.25) is 0 Å². The van der Waals surface area contributed by atoms with E-state index in [1.165, 1.54) is 13.3 Å². The highest BCUT2D eigenvalue weighted by atomic mass is 127. The first kappa shape index (κ1) is 15.1. The number of hydrogen-bond donors (Lipinski definition) is 0. The third-order valence-electron chi connectivity index (χ3n) is 2.15. The fourth-order valence-corrected chi connectivity index (χ4v) is 2.01. The largest absolute Gasteiger partial charge is 0.494 e. The van der Waals surface area contributed by atoms with Crippen molar-refractivity contribution in [2.75, 3.05) is 13.7 Å². The van der Waals surface area contributed by atoms with Crippen LogP contribution >= 0.6 is 22.6 Å². The molecule has 18 heavy (non-hydrogen) atoms. The Hall–Kier alpha value is -0.990. The number of methoxy groups -OCH3 is 1. The molecule has 100 valence electrons. The molecule has 0 unspecified atom stereocenters. The van der Waals surface area contributed by atoms with Crippen molar-refractivity contribution in [1.82, 2.24) is 4.98 Å². The maximum Gasteiger partial charge on any atom is 0.310 e. The number of aromatic nitrogens is 1. The molecule has 1 aromatic heterocycles. The fourth-order valence-electron chi connectivity index (χ4n) is 1.43. The first-order valence-electron chi connectivity index (χ1n) is 5.16. The standard InChI is InChI=1S/C11H12F2INO3/c1-3-18-8(16)4-6-7(14)5-15-9(11(12)13)10(6)17-2/h5,11H,3-4H2,1-2H3. The maximum absolute atomic E-state index is 12.8. The van der Waals surface area contributed by atoms with Gasteiger partial charge in [-0.3, -0.25) is 9.78 Å². The summed E-state index contributed by atoms with van der Waals surface area (Å²) in [6.45, 7) is 1.92. The summed E-state index contributed by atoms with van der Waals surface area (Å²) in [6.07, 6.45) is -1.57. The molecule has 0 saturated carbocycles. The van der Waals surface area contributed by atoms with Crippen molar-refractivity contribution in [1.29, 1.82) is 0 Å². The van der Waals surface area contributed by atoms with Gasteiger partial charge in [0, 0.05) is 15.3 Å². The lowest BCUT2D eigenvalue weighted by atomic mass is 10.1. The van der Waals surface area contributed by atoms with Crippen LogP contribution in [-0.2, 0) is 16.0 Å². The summed E-state index contributed by atoms with van der Waals surface area (Å²) < 4.78 is 35.8. The SMILES string of the molecule is CCOC(=O)Cc1c(I)cnc(C(F)F)c1OC. The number of pyridine rings is 1. The lowest BCUT2D eigenvalue weighted by Gasteiger charge is -2.13. The lowest BCUT2D eigenvalue weighted by molar-refractivity contribution is -0.142. The number of nitrogens with zero attached hydrogens (tertiary/aromatic N) is 1. The van der Waals surface area contributed by atoms with Crippen LogP contribution in [0, 0.1) is 3.57 Å². The molecular formula is C11H12F2INO3. The minimum atomic E-state index is -2.75. The molecule has 0 aliphatic carbocycles. The van der Waals surface area contributed by atoms with Crippen LogP contribution < -0.4 is 4.74 Å². The van der Waals surface area contributed by atoms with Gasteiger partial charge in [-0.1, -0.05) is 0 Å². The fraction of sp³-hybridized carbons (Fsp3) is 0.455. The van der Waals surface area contributed by atoms with Crippen molar-refractivity contribution in [3.63, 3.8) is 0 Å². The molecule has 1 rings (SSSR count). The van der Waals surface area contributed by atoms with E-state index in [1.807, 2.05) is 22.6 Å². The molecule has 0 atom stereocenters. The predicted molar refractivity (Wildman–Crippen MR) is 68.8 cm³/mol. The summed E-state index contributed by atoms with van der Waals surface area (Å²) in [7, 11) is 1.27. The summed E-state index contributed by atoms with van der Waals surface area (Å²) in [5.41, 5.74) is -0.0842. The minimum Gasteiger partial charge on any atom is -0.494 e. The van der Waals surface area contributed by atoms with Crippen LogP contribution in [0.25, 0.3) is 0 Å². The number of carbonyl (C=O) groups excluding carboxylic acids is 1. The van der Waals surface area contributed by atoms with Crippen LogP contribution in [0.4, 0.5) is 8.78 Å². The van der Waals surface area contributed by atoms with Gasteiger partial charge in [0.05, 0.1) is 20.1 Å². The number of halogens is 3. The molecule has 0 spiro atoms. The molecule has 1 aromatic rings. The number of esters is 1. The summed E-state index contributed by atoms with van der Waals surface area (Å²) in [5.74, 6) is -0.537. The number of rotatable bonds is 5. The normalized spacial score (nSPS) is 10.6. The Morgan fingerprint density at radius 1 is 1.56 bits per heavy atom. The highest BCUT2D eigenvalue weighted by Gasteiger charge is 2.22. The number of carbonyl (C=O) groups is 1. The van der Waals surface area contributed by atoms with Gasteiger partial charge in [-0.2, -0.15) is 0 Å². The maximum atomic E-state index is 12.8. The van der Waals surface area contributed by atoms with E-state index in [0.29, 0.717) is 9.13 Å². The molecule has 4 nitrogen and oxygen atoms in total.